The molecule has 4 aromatic rings. The number of nitrogens with zero attached hydrogens (tertiary/aromatic N) is 3. The van der Waals surface area contributed by atoms with E-state index in [1.165, 1.54) is 18.4 Å². The van der Waals surface area contributed by atoms with E-state index in [1.54, 1.807) is 6.20 Å². The molecule has 1 saturated carbocycles. The minimum Gasteiger partial charge on any atom is -0.346 e. The molecule has 1 aliphatic carbocycles. The Balaban J connectivity index is 1.51. The van der Waals surface area contributed by atoms with Gasteiger partial charge in [-0.15, -0.1) is 0 Å². The fourth-order valence-electron chi connectivity index (χ4n) is 4.01. The number of fused-ring (bicyclic) bond motifs is 1. The first-order chi connectivity index (χ1) is 12.4. The summed E-state index contributed by atoms with van der Waals surface area (Å²) in [6.07, 6.45) is 7.11. The molecule has 1 N–H and O–H groups in total. The normalized spacial score (nSPS) is 20.3. The molecule has 3 heterocycles. The minimum absolute atomic E-state index is 0.298. The van der Waals surface area contributed by atoms with Crippen LogP contribution in [0.15, 0.2) is 59.4 Å². The van der Waals surface area contributed by atoms with E-state index in [4.69, 9.17) is 9.51 Å². The van der Waals surface area contributed by atoms with Gasteiger partial charge >= 0.3 is 0 Å². The van der Waals surface area contributed by atoms with Gasteiger partial charge in [-0.25, -0.2) is 4.98 Å². The van der Waals surface area contributed by atoms with Crippen LogP contribution in [-0.4, -0.2) is 20.1 Å². The molecule has 0 radical (unpaired) electrons. The quantitative estimate of drug-likeness (QED) is 0.593. The van der Waals surface area contributed by atoms with Crippen LogP contribution in [0, 0.1) is 0 Å². The van der Waals surface area contributed by atoms with Crippen LogP contribution in [0.5, 0.6) is 0 Å². The number of aromatic amines is 1. The summed E-state index contributed by atoms with van der Waals surface area (Å²) in [5, 5.41) is 5.28. The van der Waals surface area contributed by atoms with E-state index < -0.39 is 0 Å². The Morgan fingerprint density at radius 3 is 2.80 bits per heavy atom. The molecular weight excluding hydrogens is 312 g/mol. The van der Waals surface area contributed by atoms with Gasteiger partial charge in [0.15, 0.2) is 0 Å². The van der Waals surface area contributed by atoms with Crippen molar-refractivity contribution in [2.75, 3.05) is 0 Å². The Hall–Kier alpha value is -2.95. The van der Waals surface area contributed by atoms with Gasteiger partial charge in [-0.3, -0.25) is 0 Å². The largest absolute Gasteiger partial charge is 0.346 e. The van der Waals surface area contributed by atoms with E-state index in [1.807, 2.05) is 18.3 Å². The van der Waals surface area contributed by atoms with Crippen LogP contribution in [0.3, 0.4) is 0 Å². The standard InChI is InChI=1S/C20H18N4O/c1-2-5-13(6-3-1)14-7-4-8-17(14)20-23-19(24-25-20)16-10-12-22-18-15(16)9-11-21-18/h1-3,5-6,9-12,14,17H,4,7-8H2,(H,21,22). The minimum atomic E-state index is 0.298. The monoisotopic (exact) mass is 330 g/mol. The van der Waals surface area contributed by atoms with Crippen molar-refractivity contribution >= 4 is 11.0 Å². The van der Waals surface area contributed by atoms with Crippen molar-refractivity contribution in [2.24, 2.45) is 0 Å². The number of benzene rings is 1. The van der Waals surface area contributed by atoms with Crippen LogP contribution in [0.25, 0.3) is 22.4 Å². The maximum atomic E-state index is 5.69. The zero-order valence-corrected chi connectivity index (χ0v) is 13.7. The van der Waals surface area contributed by atoms with E-state index >= 15 is 0 Å². The Morgan fingerprint density at radius 1 is 1.00 bits per heavy atom. The van der Waals surface area contributed by atoms with Crippen LogP contribution in [0.4, 0.5) is 0 Å². The van der Waals surface area contributed by atoms with Crippen LogP contribution >= 0.6 is 0 Å². The molecule has 1 aromatic carbocycles. The molecule has 0 aliphatic heterocycles. The Morgan fingerprint density at radius 2 is 1.88 bits per heavy atom. The molecule has 2 atom stereocenters. The van der Waals surface area contributed by atoms with E-state index in [0.29, 0.717) is 17.7 Å². The van der Waals surface area contributed by atoms with Crippen LogP contribution in [0.2, 0.25) is 0 Å². The fourth-order valence-corrected chi connectivity index (χ4v) is 4.01. The van der Waals surface area contributed by atoms with Crippen molar-refractivity contribution in [3.05, 3.63) is 66.3 Å². The number of H-pyrrole nitrogens is 1. The third-order valence-electron chi connectivity index (χ3n) is 5.20. The summed E-state index contributed by atoms with van der Waals surface area (Å²) in [5.41, 5.74) is 3.16. The van der Waals surface area contributed by atoms with Gasteiger partial charge in [0.05, 0.1) is 0 Å². The van der Waals surface area contributed by atoms with Gasteiger partial charge in [0, 0.05) is 29.3 Å². The first kappa shape index (κ1) is 14.4. The Bertz CT molecular complexity index is 1000. The number of nitrogens with one attached hydrogen (secondary N) is 1. The zero-order valence-electron chi connectivity index (χ0n) is 13.7. The third-order valence-corrected chi connectivity index (χ3v) is 5.20. The zero-order chi connectivity index (χ0) is 16.6. The van der Waals surface area contributed by atoms with Crippen LogP contribution < -0.4 is 0 Å². The second-order valence-electron chi connectivity index (χ2n) is 6.61. The number of aromatic nitrogens is 4. The SMILES string of the molecule is c1ccc(C2CCCC2c2nc(-c3ccnc4[nH]ccc34)no2)cc1. The van der Waals surface area contributed by atoms with Gasteiger partial charge in [0.2, 0.25) is 11.7 Å². The molecule has 5 heteroatoms. The molecule has 3 aromatic heterocycles. The first-order valence-electron chi connectivity index (χ1n) is 8.71. The molecule has 1 fully saturated rings. The van der Waals surface area contributed by atoms with Crippen molar-refractivity contribution in [3.8, 4) is 11.4 Å². The van der Waals surface area contributed by atoms with Crippen molar-refractivity contribution < 1.29 is 4.52 Å². The smallest absolute Gasteiger partial charge is 0.230 e. The summed E-state index contributed by atoms with van der Waals surface area (Å²) < 4.78 is 5.69. The lowest BCUT2D eigenvalue weighted by Gasteiger charge is -2.16. The summed E-state index contributed by atoms with van der Waals surface area (Å²) in [5.74, 6) is 2.15. The number of rotatable bonds is 3. The molecule has 0 saturated heterocycles. The highest BCUT2D eigenvalue weighted by Crippen LogP contribution is 2.45. The first-order valence-corrected chi connectivity index (χ1v) is 8.71. The lowest BCUT2D eigenvalue weighted by Crippen LogP contribution is -2.05. The van der Waals surface area contributed by atoms with Crippen molar-refractivity contribution in [3.63, 3.8) is 0 Å². The molecule has 0 bridgehead atoms. The van der Waals surface area contributed by atoms with Crippen LogP contribution in [-0.2, 0) is 0 Å². The lowest BCUT2D eigenvalue weighted by atomic mass is 9.89. The molecule has 0 amide bonds. The second-order valence-corrected chi connectivity index (χ2v) is 6.61. The summed E-state index contributed by atoms with van der Waals surface area (Å²) in [4.78, 5) is 12.2. The number of hydrogen-bond acceptors (Lipinski definition) is 4. The predicted molar refractivity (Wildman–Crippen MR) is 95.2 cm³/mol. The van der Waals surface area contributed by atoms with Crippen molar-refractivity contribution in [1.82, 2.24) is 20.1 Å². The molecule has 5 rings (SSSR count). The predicted octanol–water partition coefficient (Wildman–Crippen LogP) is 4.66. The van der Waals surface area contributed by atoms with Gasteiger partial charge < -0.3 is 9.51 Å². The third kappa shape index (κ3) is 2.43. The van der Waals surface area contributed by atoms with Gasteiger partial charge in [-0.2, -0.15) is 4.98 Å². The Labute approximate surface area is 145 Å². The summed E-state index contributed by atoms with van der Waals surface area (Å²) >= 11 is 0. The van der Waals surface area contributed by atoms with E-state index in [2.05, 4.69) is 45.5 Å². The maximum absolute atomic E-state index is 5.69. The average Bonchev–Trinajstić information content (AvgIpc) is 3.40. The average molecular weight is 330 g/mol. The van der Waals surface area contributed by atoms with Gasteiger partial charge in [0.1, 0.15) is 5.65 Å². The van der Waals surface area contributed by atoms with Gasteiger partial charge in [-0.1, -0.05) is 41.9 Å². The van der Waals surface area contributed by atoms with Gasteiger partial charge in [0.25, 0.3) is 0 Å². The molecule has 0 spiro atoms. The summed E-state index contributed by atoms with van der Waals surface area (Å²) in [7, 11) is 0. The Kier molecular flexibility index (Phi) is 3.37. The topological polar surface area (TPSA) is 67.6 Å². The highest BCUT2D eigenvalue weighted by molar-refractivity contribution is 5.90. The van der Waals surface area contributed by atoms with E-state index in [-0.39, 0.29) is 0 Å². The molecule has 25 heavy (non-hydrogen) atoms. The molecule has 2 unspecified atom stereocenters. The van der Waals surface area contributed by atoms with Crippen LogP contribution in [0.1, 0.15) is 42.6 Å². The van der Waals surface area contributed by atoms with E-state index in [0.717, 1.165) is 28.9 Å². The van der Waals surface area contributed by atoms with Crippen molar-refractivity contribution in [1.29, 1.82) is 0 Å². The second kappa shape index (κ2) is 5.84. The number of pyridine rings is 1. The maximum Gasteiger partial charge on any atom is 0.230 e. The highest BCUT2D eigenvalue weighted by Gasteiger charge is 2.34. The fraction of sp³-hybridized carbons (Fsp3) is 0.250. The lowest BCUT2D eigenvalue weighted by molar-refractivity contribution is 0.345. The molecular formula is C20H18N4O. The highest BCUT2D eigenvalue weighted by atomic mass is 16.5. The summed E-state index contributed by atoms with van der Waals surface area (Å²) in [6, 6.07) is 14.6. The summed E-state index contributed by atoms with van der Waals surface area (Å²) in [6.45, 7) is 0. The number of hydrogen-bond donors (Lipinski definition) is 1. The van der Waals surface area contributed by atoms with Crippen molar-refractivity contribution in [2.45, 2.75) is 31.1 Å². The molecule has 5 nitrogen and oxygen atoms in total. The molecule has 1 aliphatic rings. The van der Waals surface area contributed by atoms with Gasteiger partial charge in [-0.05, 0) is 36.5 Å². The molecule has 124 valence electrons. The van der Waals surface area contributed by atoms with E-state index in [9.17, 15) is 0 Å².